The molecule has 0 aromatic heterocycles. The highest BCUT2D eigenvalue weighted by molar-refractivity contribution is 7.94. The van der Waals surface area contributed by atoms with Gasteiger partial charge in [-0.1, -0.05) is 37.6 Å². The van der Waals surface area contributed by atoms with Gasteiger partial charge >= 0.3 is 5.97 Å². The van der Waals surface area contributed by atoms with Crippen LogP contribution in [-0.4, -0.2) is 35.8 Å². The number of unbranched alkanes of at least 4 members (excludes halogenated alkanes) is 1. The Bertz CT molecular complexity index is 751. The molecule has 1 aromatic rings. The fourth-order valence-electron chi connectivity index (χ4n) is 4.76. The highest BCUT2D eigenvalue weighted by atomic mass is 32.2. The third-order valence-electron chi connectivity index (χ3n) is 6.50. The predicted octanol–water partition coefficient (Wildman–Crippen LogP) is 5.89. The monoisotopic (exact) mass is 419 g/mol. The topological polar surface area (TPSA) is 29.5 Å². The van der Waals surface area contributed by atoms with E-state index in [1.807, 2.05) is 0 Å². The largest absolute Gasteiger partial charge is 0.462 e. The minimum absolute atomic E-state index is 0.100. The van der Waals surface area contributed by atoms with E-state index in [4.69, 9.17) is 4.74 Å². The van der Waals surface area contributed by atoms with Crippen LogP contribution in [0.2, 0.25) is 0 Å². The van der Waals surface area contributed by atoms with Crippen molar-refractivity contribution in [2.75, 3.05) is 18.8 Å². The van der Waals surface area contributed by atoms with Gasteiger partial charge in [-0.05, 0) is 55.4 Å². The van der Waals surface area contributed by atoms with Gasteiger partial charge in [0.25, 0.3) is 0 Å². The maximum atomic E-state index is 12.7. The Hall–Kier alpha value is -1.33. The van der Waals surface area contributed by atoms with Crippen molar-refractivity contribution in [2.45, 2.75) is 71.4 Å². The van der Waals surface area contributed by atoms with Gasteiger partial charge in [0.15, 0.2) is 0 Å². The first-order valence-corrected chi connectivity index (χ1v) is 11.7. The molecule has 0 saturated carbocycles. The first-order chi connectivity index (χ1) is 13.9. The van der Waals surface area contributed by atoms with E-state index < -0.39 is 0 Å². The fourth-order valence-corrected chi connectivity index (χ4v) is 5.04. The number of carbonyl (C=O) groups is 1. The molecule has 0 radical (unpaired) electrons. The number of esters is 1. The maximum Gasteiger partial charge on any atom is 0.306 e. The van der Waals surface area contributed by atoms with Crippen LogP contribution < -0.4 is 0 Å². The van der Waals surface area contributed by atoms with Crippen LogP contribution in [0.4, 0.5) is 3.89 Å². The minimum atomic E-state index is -0.130. The molecule has 0 amide bonds. The molecule has 2 heterocycles. The third kappa shape index (κ3) is 5.43. The highest BCUT2D eigenvalue weighted by Gasteiger charge is 2.40. The van der Waals surface area contributed by atoms with Gasteiger partial charge in [-0.2, -0.15) is 3.89 Å². The van der Waals surface area contributed by atoms with Crippen molar-refractivity contribution >= 4 is 18.1 Å². The molecule has 160 valence electrons. The predicted molar refractivity (Wildman–Crippen MR) is 119 cm³/mol. The summed E-state index contributed by atoms with van der Waals surface area (Å²) in [6.07, 6.45) is 4.77. The molecule has 1 aromatic carbocycles. The van der Waals surface area contributed by atoms with Crippen molar-refractivity contribution in [3.63, 3.8) is 0 Å². The van der Waals surface area contributed by atoms with Crippen LogP contribution in [0.15, 0.2) is 24.3 Å². The minimum Gasteiger partial charge on any atom is -0.462 e. The molecule has 0 N–H and O–H groups in total. The molecule has 0 bridgehead atoms. The van der Waals surface area contributed by atoms with Crippen LogP contribution in [-0.2, 0) is 16.0 Å². The lowest BCUT2D eigenvalue weighted by molar-refractivity contribution is -0.157. The first kappa shape index (κ1) is 22.4. The summed E-state index contributed by atoms with van der Waals surface area (Å²) in [4.78, 5) is 14.9. The number of aryl methyl sites for hydroxylation is 2. The van der Waals surface area contributed by atoms with E-state index in [0.29, 0.717) is 36.8 Å². The zero-order valence-corrected chi connectivity index (χ0v) is 18.8. The van der Waals surface area contributed by atoms with E-state index in [1.165, 1.54) is 22.3 Å². The molecule has 1 fully saturated rings. The molecule has 1 saturated heterocycles. The van der Waals surface area contributed by atoms with Gasteiger partial charge in [0.2, 0.25) is 0 Å². The fraction of sp³-hybridized carbons (Fsp3) is 0.625. The van der Waals surface area contributed by atoms with E-state index in [0.717, 1.165) is 44.3 Å². The summed E-state index contributed by atoms with van der Waals surface area (Å²) in [7, 11) is 0. The van der Waals surface area contributed by atoms with E-state index in [1.54, 1.807) is 0 Å². The summed E-state index contributed by atoms with van der Waals surface area (Å²) in [5, 5.41) is 0. The van der Waals surface area contributed by atoms with E-state index in [-0.39, 0.29) is 18.0 Å². The number of hydrogen-bond donors (Lipinski definition) is 0. The molecule has 3 nitrogen and oxygen atoms in total. The van der Waals surface area contributed by atoms with Gasteiger partial charge in [-0.15, -0.1) is 0 Å². The highest BCUT2D eigenvalue weighted by Crippen LogP contribution is 2.42. The number of fused-ring (bicyclic) bond motifs is 3. The van der Waals surface area contributed by atoms with Crippen LogP contribution >= 0.6 is 12.1 Å². The Labute approximate surface area is 179 Å². The molecule has 2 aliphatic rings. The van der Waals surface area contributed by atoms with Crippen molar-refractivity contribution in [1.29, 1.82) is 0 Å². The number of hydrogen-bond acceptors (Lipinski definition) is 4. The Morgan fingerprint density at radius 2 is 2.10 bits per heavy atom. The summed E-state index contributed by atoms with van der Waals surface area (Å²) in [5.74, 6) is 0.402. The second-order valence-corrected chi connectivity index (χ2v) is 9.24. The Morgan fingerprint density at radius 3 is 2.83 bits per heavy atom. The van der Waals surface area contributed by atoms with Gasteiger partial charge in [-0.3, -0.25) is 9.69 Å². The summed E-state index contributed by atoms with van der Waals surface area (Å²) >= 11 is 0.320. The zero-order chi connectivity index (χ0) is 21.0. The Kier molecular flexibility index (Phi) is 7.80. The molecule has 0 aliphatic carbocycles. The molecule has 3 atom stereocenters. The summed E-state index contributed by atoms with van der Waals surface area (Å²) in [6, 6.07) is 4.95. The lowest BCUT2D eigenvalue weighted by Gasteiger charge is -2.47. The summed E-state index contributed by atoms with van der Waals surface area (Å²) in [5.41, 5.74) is 6.37. The smallest absolute Gasteiger partial charge is 0.306 e. The number of piperidine rings is 1. The van der Waals surface area contributed by atoms with Gasteiger partial charge in [0.1, 0.15) is 6.10 Å². The van der Waals surface area contributed by atoms with Crippen molar-refractivity contribution in [2.24, 2.45) is 5.92 Å². The van der Waals surface area contributed by atoms with Crippen LogP contribution in [0.1, 0.15) is 67.3 Å². The molecular weight excluding hydrogens is 385 g/mol. The maximum absolute atomic E-state index is 12.7. The quantitative estimate of drug-likeness (QED) is 0.388. The first-order valence-electron chi connectivity index (χ1n) is 10.9. The van der Waals surface area contributed by atoms with Gasteiger partial charge in [0, 0.05) is 55.8 Å². The second-order valence-electron chi connectivity index (χ2n) is 8.73. The van der Waals surface area contributed by atoms with Crippen molar-refractivity contribution in [1.82, 2.24) is 4.90 Å². The van der Waals surface area contributed by atoms with E-state index >= 15 is 0 Å². The Balaban J connectivity index is 1.81. The Morgan fingerprint density at radius 1 is 1.34 bits per heavy atom. The number of benzene rings is 1. The molecule has 2 aliphatic heterocycles. The second kappa shape index (κ2) is 10.1. The van der Waals surface area contributed by atoms with E-state index in [2.05, 4.69) is 44.4 Å². The average Bonchev–Trinajstić information content (AvgIpc) is 2.68. The molecule has 3 rings (SSSR count). The number of halogens is 1. The lowest BCUT2D eigenvalue weighted by atomic mass is 9.79. The SMILES string of the molecule is C=C(CSF)C[C@@H]1CN2CCc3cc(C)c(C)cc3[C@H]2C[C@H]1OC(=O)CCCC. The molecule has 29 heavy (non-hydrogen) atoms. The molecule has 0 spiro atoms. The van der Waals surface area contributed by atoms with Crippen LogP contribution in [0.5, 0.6) is 0 Å². The zero-order valence-electron chi connectivity index (χ0n) is 18.0. The number of nitrogens with zero attached hydrogens (tertiary/aromatic N) is 1. The lowest BCUT2D eigenvalue weighted by Crippen LogP contribution is -2.49. The van der Waals surface area contributed by atoms with Crippen LogP contribution in [0, 0.1) is 19.8 Å². The third-order valence-corrected chi connectivity index (χ3v) is 7.02. The van der Waals surface area contributed by atoms with Crippen molar-refractivity contribution in [3.8, 4) is 0 Å². The standard InChI is InChI=1S/C24H34FNO2S/c1-5-6-7-24(27)28-23-13-22-21-12-18(4)17(3)11-19(21)8-9-26(22)14-20(23)10-16(2)15-29-25/h11-12,20,22-23H,2,5-10,13-15H2,1,3-4H3/t20-,22-,23-/m1/s1. The molecule has 0 unspecified atom stereocenters. The van der Waals surface area contributed by atoms with Gasteiger partial charge < -0.3 is 4.74 Å². The number of ether oxygens (including phenoxy) is 1. The summed E-state index contributed by atoms with van der Waals surface area (Å²) in [6.45, 7) is 12.4. The number of carbonyl (C=O) groups excluding carboxylic acids is 1. The molecular formula is C24H34FNO2S. The average molecular weight is 420 g/mol. The van der Waals surface area contributed by atoms with Crippen LogP contribution in [0.3, 0.4) is 0 Å². The van der Waals surface area contributed by atoms with Crippen molar-refractivity contribution in [3.05, 3.63) is 46.5 Å². The van der Waals surface area contributed by atoms with E-state index in [9.17, 15) is 8.68 Å². The molecule has 5 heteroatoms. The van der Waals surface area contributed by atoms with Crippen LogP contribution in [0.25, 0.3) is 0 Å². The number of rotatable bonds is 8. The van der Waals surface area contributed by atoms with Gasteiger partial charge in [0.05, 0.1) is 0 Å². The van der Waals surface area contributed by atoms with Crippen molar-refractivity contribution < 1.29 is 13.4 Å². The normalized spacial score (nSPS) is 23.9. The summed E-state index contributed by atoms with van der Waals surface area (Å²) < 4.78 is 18.7. The van der Waals surface area contributed by atoms with Gasteiger partial charge in [-0.25, -0.2) is 0 Å².